The van der Waals surface area contributed by atoms with Gasteiger partial charge in [-0.15, -0.1) is 0 Å². The third kappa shape index (κ3) is 12.3. The maximum Gasteiger partial charge on any atom is 0.230 e. The fourth-order valence-corrected chi connectivity index (χ4v) is 2.22. The van der Waals surface area contributed by atoms with Crippen LogP contribution in [-0.2, 0) is 9.59 Å². The van der Waals surface area contributed by atoms with Crippen molar-refractivity contribution < 1.29 is 9.59 Å². The first-order valence-corrected chi connectivity index (χ1v) is 8.15. The van der Waals surface area contributed by atoms with Gasteiger partial charge < -0.3 is 21.3 Å². The topological polar surface area (TPSA) is 87.5 Å². The van der Waals surface area contributed by atoms with Gasteiger partial charge in [-0.1, -0.05) is 13.8 Å². The number of likely N-dealkylation sites (N-methyl/N-ethyl adjacent to an activating group) is 1. The van der Waals surface area contributed by atoms with Crippen molar-refractivity contribution >= 4 is 23.6 Å². The van der Waals surface area contributed by atoms with Crippen LogP contribution in [0.3, 0.4) is 0 Å². The highest BCUT2D eigenvalue weighted by molar-refractivity contribution is 8.00. The summed E-state index contributed by atoms with van der Waals surface area (Å²) < 4.78 is 0. The number of nitrogens with one attached hydrogen (secondary N) is 2. The lowest BCUT2D eigenvalue weighted by Gasteiger charge is -2.18. The van der Waals surface area contributed by atoms with E-state index in [0.29, 0.717) is 18.1 Å². The van der Waals surface area contributed by atoms with Gasteiger partial charge in [-0.25, -0.2) is 0 Å². The molecule has 0 aromatic rings. The number of thioether (sulfide) groups is 1. The Morgan fingerprint density at radius 2 is 1.90 bits per heavy atom. The molecule has 117 valence electrons. The first-order chi connectivity index (χ1) is 9.60. The highest BCUT2D eigenvalue weighted by Gasteiger charge is 2.02. The Kier molecular flexibility index (Phi) is 12.7. The summed E-state index contributed by atoms with van der Waals surface area (Å²) in [6.07, 6.45) is 1.37. The van der Waals surface area contributed by atoms with Crippen LogP contribution < -0.4 is 16.4 Å². The second-order valence-electron chi connectivity index (χ2n) is 4.25. The Morgan fingerprint density at radius 3 is 2.50 bits per heavy atom. The van der Waals surface area contributed by atoms with Gasteiger partial charge in [0.25, 0.3) is 0 Å². The van der Waals surface area contributed by atoms with E-state index in [1.807, 2.05) is 0 Å². The summed E-state index contributed by atoms with van der Waals surface area (Å²) in [7, 11) is 0. The summed E-state index contributed by atoms with van der Waals surface area (Å²) in [6, 6.07) is 0. The summed E-state index contributed by atoms with van der Waals surface area (Å²) in [4.78, 5) is 24.2. The van der Waals surface area contributed by atoms with Crippen molar-refractivity contribution in [2.75, 3.05) is 50.8 Å². The Labute approximate surface area is 126 Å². The molecule has 2 amide bonds. The molecule has 6 nitrogen and oxygen atoms in total. The van der Waals surface area contributed by atoms with Crippen molar-refractivity contribution in [1.29, 1.82) is 0 Å². The minimum Gasteiger partial charge on any atom is -0.369 e. The average Bonchev–Trinajstić information content (AvgIpc) is 2.42. The predicted molar refractivity (Wildman–Crippen MR) is 84.5 cm³/mol. The van der Waals surface area contributed by atoms with Gasteiger partial charge in [-0.3, -0.25) is 9.59 Å². The summed E-state index contributed by atoms with van der Waals surface area (Å²) in [5.41, 5.74) is 4.96. The molecule has 0 fully saturated rings. The molecule has 0 spiro atoms. The van der Waals surface area contributed by atoms with Crippen molar-refractivity contribution in [3.05, 3.63) is 6.42 Å². The third-order valence-corrected chi connectivity index (χ3v) is 3.63. The number of hydrogen-bond acceptors (Lipinski definition) is 5. The maximum atomic E-state index is 11.4. The van der Waals surface area contributed by atoms with E-state index < -0.39 is 5.91 Å². The molecule has 0 bridgehead atoms. The van der Waals surface area contributed by atoms with Crippen molar-refractivity contribution in [2.24, 2.45) is 5.73 Å². The largest absolute Gasteiger partial charge is 0.369 e. The first kappa shape index (κ1) is 19.2. The smallest absolute Gasteiger partial charge is 0.230 e. The first-order valence-electron chi connectivity index (χ1n) is 7.00. The zero-order valence-electron chi connectivity index (χ0n) is 12.5. The molecule has 20 heavy (non-hydrogen) atoms. The number of amides is 2. The minimum absolute atomic E-state index is 0.0154. The molecule has 0 aliphatic carbocycles. The second kappa shape index (κ2) is 13.2. The number of nitrogens with zero attached hydrogens (tertiary/aromatic N) is 1. The molecule has 0 aliphatic rings. The van der Waals surface area contributed by atoms with Gasteiger partial charge in [-0.2, -0.15) is 11.8 Å². The summed E-state index contributed by atoms with van der Waals surface area (Å²) in [6.45, 7) is 9.78. The number of nitrogens with two attached hydrogens (primary N) is 1. The lowest BCUT2D eigenvalue weighted by Crippen LogP contribution is -2.37. The van der Waals surface area contributed by atoms with Gasteiger partial charge >= 0.3 is 0 Å². The van der Waals surface area contributed by atoms with E-state index in [9.17, 15) is 9.59 Å². The molecule has 0 aromatic carbocycles. The van der Waals surface area contributed by atoms with Gasteiger partial charge in [-0.05, 0) is 13.1 Å². The zero-order valence-corrected chi connectivity index (χ0v) is 13.3. The Morgan fingerprint density at radius 1 is 1.20 bits per heavy atom. The Hall–Kier alpha value is -0.790. The van der Waals surface area contributed by atoms with Gasteiger partial charge in [0.1, 0.15) is 0 Å². The molecule has 0 aromatic heterocycles. The van der Waals surface area contributed by atoms with Gasteiger partial charge in [0.05, 0.1) is 12.2 Å². The third-order valence-electron chi connectivity index (χ3n) is 2.76. The van der Waals surface area contributed by atoms with Crippen LogP contribution >= 0.6 is 11.8 Å². The lowest BCUT2D eigenvalue weighted by atomic mass is 10.4. The Bertz CT molecular complexity index is 273. The van der Waals surface area contributed by atoms with Crippen molar-refractivity contribution in [3.8, 4) is 0 Å². The van der Waals surface area contributed by atoms with Gasteiger partial charge in [0.15, 0.2) is 0 Å². The molecule has 0 heterocycles. The van der Waals surface area contributed by atoms with Crippen LogP contribution in [-0.4, -0.2) is 67.5 Å². The second-order valence-corrected chi connectivity index (χ2v) is 5.28. The summed E-state index contributed by atoms with van der Waals surface area (Å²) in [5, 5.41) is 6.11. The van der Waals surface area contributed by atoms with Crippen LogP contribution in [0, 0.1) is 6.42 Å². The van der Waals surface area contributed by atoms with E-state index in [-0.39, 0.29) is 5.91 Å². The number of carbonyl (C=O) groups excluding carboxylic acids is 2. The van der Waals surface area contributed by atoms with Crippen molar-refractivity contribution in [3.63, 3.8) is 0 Å². The maximum absolute atomic E-state index is 11.4. The number of rotatable bonds is 13. The standard InChI is InChI=1S/C13H27N4O2S/c1-3-17(4-2)9-8-15-6-7-16-13(19)11-20-10-5-12(14)18/h5,15H,3-4,6-11H2,1-2H3,(H2,14,18)(H,16,19). The normalized spacial score (nSPS) is 10.8. The zero-order chi connectivity index (χ0) is 15.2. The highest BCUT2D eigenvalue weighted by Crippen LogP contribution is 2.00. The quantitative estimate of drug-likeness (QED) is 0.398. The van der Waals surface area contributed by atoms with E-state index in [1.165, 1.54) is 18.2 Å². The molecule has 0 rings (SSSR count). The van der Waals surface area contributed by atoms with Crippen molar-refractivity contribution in [2.45, 2.75) is 13.8 Å². The average molecular weight is 303 g/mol. The molecule has 0 saturated carbocycles. The minimum atomic E-state index is -0.449. The van der Waals surface area contributed by atoms with Crippen molar-refractivity contribution in [1.82, 2.24) is 15.5 Å². The molecule has 0 unspecified atom stereocenters. The Balaban J connectivity index is 3.33. The number of carbonyl (C=O) groups is 2. The molecule has 0 atom stereocenters. The molecule has 1 radical (unpaired) electrons. The lowest BCUT2D eigenvalue weighted by molar-refractivity contribution is -0.118. The fraction of sp³-hybridized carbons (Fsp3) is 0.769. The van der Waals surface area contributed by atoms with E-state index in [0.717, 1.165) is 32.7 Å². The molecule has 4 N–H and O–H groups in total. The molecular weight excluding hydrogens is 276 g/mol. The fourth-order valence-electron chi connectivity index (χ4n) is 1.54. The van der Waals surface area contributed by atoms with Crippen LogP contribution in [0.15, 0.2) is 0 Å². The van der Waals surface area contributed by atoms with Gasteiger partial charge in [0, 0.05) is 31.9 Å². The SMILES string of the molecule is CCN(CC)CCNCCNC(=O)CSC[CH]C(N)=O. The van der Waals surface area contributed by atoms with E-state index in [2.05, 4.69) is 29.4 Å². The molecule has 0 aliphatic heterocycles. The van der Waals surface area contributed by atoms with Crippen LogP contribution in [0.2, 0.25) is 0 Å². The molecule has 0 saturated heterocycles. The van der Waals surface area contributed by atoms with E-state index >= 15 is 0 Å². The summed E-state index contributed by atoms with van der Waals surface area (Å²) in [5.74, 6) is 0.363. The van der Waals surface area contributed by atoms with Crippen LogP contribution in [0.5, 0.6) is 0 Å². The predicted octanol–water partition coefficient (Wildman–Crippen LogP) is -0.543. The summed E-state index contributed by atoms with van der Waals surface area (Å²) >= 11 is 1.37. The number of hydrogen-bond donors (Lipinski definition) is 3. The molecular formula is C13H27N4O2S. The highest BCUT2D eigenvalue weighted by atomic mass is 32.2. The monoisotopic (exact) mass is 303 g/mol. The van der Waals surface area contributed by atoms with Crippen LogP contribution in [0.25, 0.3) is 0 Å². The molecule has 7 heteroatoms. The van der Waals surface area contributed by atoms with Crippen LogP contribution in [0.1, 0.15) is 13.8 Å². The number of primary amides is 1. The van der Waals surface area contributed by atoms with E-state index in [4.69, 9.17) is 5.73 Å². The van der Waals surface area contributed by atoms with Gasteiger partial charge in [0.2, 0.25) is 11.8 Å². The van der Waals surface area contributed by atoms with E-state index in [1.54, 1.807) is 0 Å². The van der Waals surface area contributed by atoms with Crippen LogP contribution in [0.4, 0.5) is 0 Å².